The minimum Gasteiger partial charge on any atom is -0.497 e. The number of nitrogens with zero attached hydrogens (tertiary/aromatic N) is 3. The van der Waals surface area contributed by atoms with Crippen molar-refractivity contribution in [2.45, 2.75) is 20.0 Å². The molecular weight excluding hydrogens is 358 g/mol. The van der Waals surface area contributed by atoms with Crippen LogP contribution in [-0.2, 0) is 13.1 Å². The minimum absolute atomic E-state index is 0.552. The van der Waals surface area contributed by atoms with Crippen LogP contribution in [0.2, 0.25) is 0 Å². The highest BCUT2D eigenvalue weighted by Crippen LogP contribution is 2.28. The summed E-state index contributed by atoms with van der Waals surface area (Å²) < 4.78 is 21.4. The second-order valence-electron chi connectivity index (χ2n) is 6.24. The van der Waals surface area contributed by atoms with Gasteiger partial charge >= 0.3 is 0 Å². The van der Waals surface area contributed by atoms with E-state index in [4.69, 9.17) is 18.7 Å². The summed E-state index contributed by atoms with van der Waals surface area (Å²) in [5.41, 5.74) is 1.98. The molecule has 3 rings (SSSR count). The van der Waals surface area contributed by atoms with Crippen molar-refractivity contribution >= 4 is 0 Å². The molecule has 1 heterocycles. The van der Waals surface area contributed by atoms with E-state index in [2.05, 4.69) is 22.0 Å². The van der Waals surface area contributed by atoms with Gasteiger partial charge in [0.05, 0.1) is 27.9 Å². The van der Waals surface area contributed by atoms with E-state index in [0.29, 0.717) is 29.8 Å². The van der Waals surface area contributed by atoms with Crippen LogP contribution in [0.4, 0.5) is 0 Å². The summed E-state index contributed by atoms with van der Waals surface area (Å²) >= 11 is 0. The Morgan fingerprint density at radius 3 is 2.46 bits per heavy atom. The lowest BCUT2D eigenvalue weighted by atomic mass is 10.2. The van der Waals surface area contributed by atoms with Crippen LogP contribution in [0, 0.1) is 0 Å². The Bertz CT molecular complexity index is 910. The fourth-order valence-corrected chi connectivity index (χ4v) is 2.91. The van der Waals surface area contributed by atoms with Gasteiger partial charge in [0.15, 0.2) is 11.5 Å². The van der Waals surface area contributed by atoms with Crippen molar-refractivity contribution in [3.8, 4) is 28.6 Å². The van der Waals surface area contributed by atoms with Crippen LogP contribution in [0.25, 0.3) is 11.4 Å². The van der Waals surface area contributed by atoms with E-state index in [9.17, 15) is 0 Å². The first-order chi connectivity index (χ1) is 13.7. The van der Waals surface area contributed by atoms with Crippen molar-refractivity contribution in [1.29, 1.82) is 0 Å². The maximum Gasteiger partial charge on any atom is 0.241 e. The quantitative estimate of drug-likeness (QED) is 0.557. The summed E-state index contributed by atoms with van der Waals surface area (Å²) in [4.78, 5) is 6.74. The van der Waals surface area contributed by atoms with E-state index in [0.717, 1.165) is 30.0 Å². The molecule has 28 heavy (non-hydrogen) atoms. The van der Waals surface area contributed by atoms with Gasteiger partial charge in [-0.3, -0.25) is 4.90 Å². The average molecular weight is 383 g/mol. The number of rotatable bonds is 9. The summed E-state index contributed by atoms with van der Waals surface area (Å²) in [6.45, 7) is 4.22. The fourth-order valence-electron chi connectivity index (χ4n) is 2.91. The first kappa shape index (κ1) is 19.7. The van der Waals surface area contributed by atoms with Gasteiger partial charge in [-0.05, 0) is 36.4 Å². The van der Waals surface area contributed by atoms with Crippen molar-refractivity contribution in [2.24, 2.45) is 0 Å². The van der Waals surface area contributed by atoms with Crippen LogP contribution in [0.1, 0.15) is 18.4 Å². The third kappa shape index (κ3) is 4.61. The highest BCUT2D eigenvalue weighted by Gasteiger charge is 2.14. The van der Waals surface area contributed by atoms with Crippen LogP contribution >= 0.6 is 0 Å². The molecule has 0 aliphatic carbocycles. The molecule has 148 valence electrons. The summed E-state index contributed by atoms with van der Waals surface area (Å²) in [5.74, 6) is 3.31. The molecule has 1 aromatic heterocycles. The number of methoxy groups -OCH3 is 3. The molecule has 0 amide bonds. The second-order valence-corrected chi connectivity index (χ2v) is 6.24. The van der Waals surface area contributed by atoms with E-state index in [1.807, 2.05) is 42.5 Å². The van der Waals surface area contributed by atoms with Crippen molar-refractivity contribution < 1.29 is 18.7 Å². The molecule has 0 fully saturated rings. The van der Waals surface area contributed by atoms with Crippen molar-refractivity contribution in [3.63, 3.8) is 0 Å². The topological polar surface area (TPSA) is 69.9 Å². The van der Waals surface area contributed by atoms with E-state index in [-0.39, 0.29) is 0 Å². The van der Waals surface area contributed by atoms with E-state index in [1.54, 1.807) is 21.3 Å². The molecule has 7 heteroatoms. The first-order valence-corrected chi connectivity index (χ1v) is 9.07. The van der Waals surface area contributed by atoms with Gasteiger partial charge in [-0.25, -0.2) is 0 Å². The number of ether oxygens (including phenoxy) is 3. The molecule has 0 aliphatic heterocycles. The Labute approximate surface area is 164 Å². The third-order valence-corrected chi connectivity index (χ3v) is 4.46. The summed E-state index contributed by atoms with van der Waals surface area (Å²) in [5, 5.41) is 4.10. The summed E-state index contributed by atoms with van der Waals surface area (Å²) in [6, 6.07) is 13.5. The molecule has 0 N–H and O–H groups in total. The van der Waals surface area contributed by atoms with Crippen LogP contribution in [-0.4, -0.2) is 42.9 Å². The smallest absolute Gasteiger partial charge is 0.241 e. The Balaban J connectivity index is 1.70. The lowest BCUT2D eigenvalue weighted by Gasteiger charge is -2.19. The Morgan fingerprint density at radius 2 is 1.75 bits per heavy atom. The summed E-state index contributed by atoms with van der Waals surface area (Å²) in [6.07, 6.45) is 0. The highest BCUT2D eigenvalue weighted by atomic mass is 16.5. The number of aromatic nitrogens is 2. The number of hydrogen-bond donors (Lipinski definition) is 0. The van der Waals surface area contributed by atoms with Gasteiger partial charge in [-0.2, -0.15) is 4.98 Å². The molecule has 0 aliphatic rings. The predicted octanol–water partition coefficient (Wildman–Crippen LogP) is 3.78. The lowest BCUT2D eigenvalue weighted by molar-refractivity contribution is 0.228. The predicted molar refractivity (Wildman–Crippen MR) is 106 cm³/mol. The van der Waals surface area contributed by atoms with Gasteiger partial charge in [-0.15, -0.1) is 0 Å². The van der Waals surface area contributed by atoms with Crippen LogP contribution in [0.5, 0.6) is 17.2 Å². The zero-order valence-electron chi connectivity index (χ0n) is 16.6. The SMILES string of the molecule is CCN(Cc1ccc(OC)c(OC)c1)Cc1nc(-c2cccc(OC)c2)no1. The maximum atomic E-state index is 5.46. The fraction of sp³-hybridized carbons (Fsp3) is 0.333. The van der Waals surface area contributed by atoms with Gasteiger partial charge in [-0.1, -0.05) is 30.3 Å². The molecule has 0 radical (unpaired) electrons. The Kier molecular flexibility index (Phi) is 6.49. The number of hydrogen-bond acceptors (Lipinski definition) is 7. The second kappa shape index (κ2) is 9.23. The average Bonchev–Trinajstić information content (AvgIpc) is 3.21. The first-order valence-electron chi connectivity index (χ1n) is 9.07. The molecule has 7 nitrogen and oxygen atoms in total. The largest absolute Gasteiger partial charge is 0.497 e. The lowest BCUT2D eigenvalue weighted by Crippen LogP contribution is -2.22. The molecule has 0 bridgehead atoms. The van der Waals surface area contributed by atoms with Gasteiger partial charge in [0.25, 0.3) is 0 Å². The Hall–Kier alpha value is -3.06. The minimum atomic E-state index is 0.552. The van der Waals surface area contributed by atoms with Crippen molar-refractivity contribution in [2.75, 3.05) is 27.9 Å². The van der Waals surface area contributed by atoms with Crippen molar-refractivity contribution in [3.05, 3.63) is 53.9 Å². The molecule has 3 aromatic rings. The van der Waals surface area contributed by atoms with Gasteiger partial charge in [0.2, 0.25) is 11.7 Å². The normalized spacial score (nSPS) is 10.9. The molecule has 0 atom stereocenters. The van der Waals surface area contributed by atoms with E-state index >= 15 is 0 Å². The van der Waals surface area contributed by atoms with Crippen LogP contribution in [0.3, 0.4) is 0 Å². The molecule has 0 unspecified atom stereocenters. The van der Waals surface area contributed by atoms with Crippen LogP contribution < -0.4 is 14.2 Å². The highest BCUT2D eigenvalue weighted by molar-refractivity contribution is 5.56. The third-order valence-electron chi connectivity index (χ3n) is 4.46. The summed E-state index contributed by atoms with van der Waals surface area (Å²) in [7, 11) is 4.90. The number of benzene rings is 2. The van der Waals surface area contributed by atoms with Gasteiger partial charge in [0.1, 0.15) is 5.75 Å². The molecule has 2 aromatic carbocycles. The van der Waals surface area contributed by atoms with Gasteiger partial charge < -0.3 is 18.7 Å². The molecular formula is C21H25N3O4. The molecule has 0 spiro atoms. The Morgan fingerprint density at radius 1 is 0.929 bits per heavy atom. The zero-order chi connectivity index (χ0) is 19.9. The van der Waals surface area contributed by atoms with Crippen molar-refractivity contribution in [1.82, 2.24) is 15.0 Å². The maximum absolute atomic E-state index is 5.46. The van der Waals surface area contributed by atoms with Crippen LogP contribution in [0.15, 0.2) is 47.0 Å². The molecule has 0 saturated carbocycles. The van der Waals surface area contributed by atoms with Gasteiger partial charge in [0, 0.05) is 12.1 Å². The molecule has 0 saturated heterocycles. The monoisotopic (exact) mass is 383 g/mol. The standard InChI is InChI=1S/C21H25N3O4/c1-5-24(13-15-9-10-18(26-3)19(11-15)27-4)14-20-22-21(23-28-20)16-7-6-8-17(12-16)25-2/h6-12H,5,13-14H2,1-4H3. The van der Waals surface area contributed by atoms with E-state index < -0.39 is 0 Å². The zero-order valence-corrected chi connectivity index (χ0v) is 16.6. The van der Waals surface area contributed by atoms with E-state index in [1.165, 1.54) is 0 Å².